The second-order valence-corrected chi connectivity index (χ2v) is 6.18. The first-order chi connectivity index (χ1) is 11.5. The average Bonchev–Trinajstić information content (AvgIpc) is 2.61. The number of hydrogen-bond acceptors (Lipinski definition) is 5. The molecule has 2 aliphatic heterocycles. The van der Waals surface area contributed by atoms with E-state index in [9.17, 15) is 14.4 Å². The quantitative estimate of drug-likeness (QED) is 0.797. The van der Waals surface area contributed by atoms with E-state index in [4.69, 9.17) is 10.5 Å². The van der Waals surface area contributed by atoms with Crippen LogP contribution in [-0.2, 0) is 9.59 Å². The van der Waals surface area contributed by atoms with Gasteiger partial charge in [-0.1, -0.05) is 0 Å². The summed E-state index contributed by atoms with van der Waals surface area (Å²) in [6, 6.07) is 5.10. The van der Waals surface area contributed by atoms with E-state index in [-0.39, 0.29) is 30.1 Å². The van der Waals surface area contributed by atoms with Gasteiger partial charge in [-0.25, -0.2) is 0 Å². The zero-order valence-corrected chi connectivity index (χ0v) is 13.6. The van der Waals surface area contributed by atoms with E-state index in [1.165, 1.54) is 0 Å². The number of amides is 2. The number of benzene rings is 1. The van der Waals surface area contributed by atoms with Crippen molar-refractivity contribution >= 4 is 23.3 Å². The number of nitrogens with two attached hydrogens (primary N) is 1. The van der Waals surface area contributed by atoms with Gasteiger partial charge in [-0.15, -0.1) is 0 Å². The molecule has 2 aliphatic rings. The second kappa shape index (κ2) is 6.60. The first kappa shape index (κ1) is 16.4. The summed E-state index contributed by atoms with van der Waals surface area (Å²) in [7, 11) is 0. The maximum Gasteiger partial charge on any atom is 0.265 e. The van der Waals surface area contributed by atoms with Gasteiger partial charge in [0.15, 0.2) is 11.9 Å². The maximum absolute atomic E-state index is 12.7. The predicted octanol–water partition coefficient (Wildman–Crippen LogP) is 0.786. The van der Waals surface area contributed by atoms with Crippen LogP contribution in [0.2, 0.25) is 0 Å². The van der Waals surface area contributed by atoms with Gasteiger partial charge in [0.25, 0.3) is 5.91 Å². The highest BCUT2D eigenvalue weighted by atomic mass is 16.5. The number of Topliss-reactive ketones (excluding diaryl/α,β-unsaturated/α-hetero) is 1. The molecule has 128 valence electrons. The molecule has 1 unspecified atom stereocenters. The Kier molecular flexibility index (Phi) is 4.53. The van der Waals surface area contributed by atoms with Crippen LogP contribution in [-0.4, -0.2) is 48.2 Å². The molecule has 0 saturated carbocycles. The third-order valence-electron chi connectivity index (χ3n) is 4.59. The molecular formula is C17H21N3O4. The van der Waals surface area contributed by atoms with E-state index < -0.39 is 6.10 Å². The molecule has 1 atom stereocenters. The second-order valence-electron chi connectivity index (χ2n) is 6.18. The molecule has 1 aromatic rings. The first-order valence-corrected chi connectivity index (χ1v) is 8.13. The van der Waals surface area contributed by atoms with Gasteiger partial charge in [0.1, 0.15) is 5.75 Å². The molecule has 0 aromatic heterocycles. The fourth-order valence-corrected chi connectivity index (χ4v) is 3.12. The summed E-state index contributed by atoms with van der Waals surface area (Å²) in [6.07, 6.45) is 0.715. The van der Waals surface area contributed by atoms with Gasteiger partial charge in [-0.2, -0.15) is 0 Å². The zero-order valence-electron chi connectivity index (χ0n) is 13.6. The average molecular weight is 331 g/mol. The van der Waals surface area contributed by atoms with E-state index in [1.54, 1.807) is 30.0 Å². The van der Waals surface area contributed by atoms with E-state index in [1.807, 2.05) is 0 Å². The van der Waals surface area contributed by atoms with Crippen molar-refractivity contribution in [2.45, 2.75) is 25.9 Å². The number of ketones is 1. The number of likely N-dealkylation sites (tertiary alicyclic amines) is 1. The van der Waals surface area contributed by atoms with E-state index in [2.05, 4.69) is 5.32 Å². The molecule has 1 aromatic carbocycles. The molecule has 2 heterocycles. The van der Waals surface area contributed by atoms with Gasteiger partial charge in [0.05, 0.1) is 12.2 Å². The lowest BCUT2D eigenvalue weighted by Gasteiger charge is -2.31. The summed E-state index contributed by atoms with van der Waals surface area (Å²) in [5.74, 6) is 0.181. The van der Waals surface area contributed by atoms with Crippen molar-refractivity contribution in [2.24, 2.45) is 11.7 Å². The van der Waals surface area contributed by atoms with Crippen LogP contribution in [0, 0.1) is 5.92 Å². The number of rotatable bonds is 3. The Morgan fingerprint density at radius 1 is 1.33 bits per heavy atom. The Bertz CT molecular complexity index is 680. The SMILES string of the molecule is CC1Oc2ccc(C(=O)C3CCN(C(=O)CN)CC3)cc2NC1=O. The molecule has 0 bridgehead atoms. The molecule has 0 aliphatic carbocycles. The van der Waals surface area contributed by atoms with Crippen molar-refractivity contribution in [3.05, 3.63) is 23.8 Å². The van der Waals surface area contributed by atoms with Gasteiger partial charge >= 0.3 is 0 Å². The van der Waals surface area contributed by atoms with Gasteiger partial charge < -0.3 is 20.7 Å². The van der Waals surface area contributed by atoms with Crippen LogP contribution in [0.4, 0.5) is 5.69 Å². The highest BCUT2D eigenvalue weighted by Gasteiger charge is 2.29. The standard InChI is InChI=1S/C17H21N3O4/c1-10-17(23)19-13-8-12(2-3-14(13)24-10)16(22)11-4-6-20(7-5-11)15(21)9-18/h2-3,8,10-11H,4-7,9,18H2,1H3,(H,19,23). The van der Waals surface area contributed by atoms with Crippen LogP contribution in [0.15, 0.2) is 18.2 Å². The van der Waals surface area contributed by atoms with Crippen molar-refractivity contribution in [2.75, 3.05) is 25.0 Å². The van der Waals surface area contributed by atoms with Crippen molar-refractivity contribution in [3.8, 4) is 5.75 Å². The number of nitrogens with one attached hydrogen (secondary N) is 1. The number of carbonyl (C=O) groups excluding carboxylic acids is 3. The summed E-state index contributed by atoms with van der Waals surface area (Å²) >= 11 is 0. The summed E-state index contributed by atoms with van der Waals surface area (Å²) in [4.78, 5) is 37.7. The molecule has 24 heavy (non-hydrogen) atoms. The third kappa shape index (κ3) is 3.12. The summed E-state index contributed by atoms with van der Waals surface area (Å²) < 4.78 is 5.50. The van der Waals surface area contributed by atoms with Crippen LogP contribution >= 0.6 is 0 Å². The number of hydrogen-bond donors (Lipinski definition) is 2. The Labute approximate surface area is 140 Å². The molecule has 0 spiro atoms. The number of piperidine rings is 1. The number of nitrogens with zero attached hydrogens (tertiary/aromatic N) is 1. The molecule has 3 rings (SSSR count). The molecular weight excluding hydrogens is 310 g/mol. The summed E-state index contributed by atoms with van der Waals surface area (Å²) in [6.45, 7) is 2.78. The maximum atomic E-state index is 12.7. The molecule has 7 heteroatoms. The summed E-state index contributed by atoms with van der Waals surface area (Å²) in [5.41, 5.74) is 6.45. The number of carbonyl (C=O) groups is 3. The fourth-order valence-electron chi connectivity index (χ4n) is 3.12. The molecule has 1 saturated heterocycles. The minimum absolute atomic E-state index is 0.00154. The van der Waals surface area contributed by atoms with Gasteiger partial charge in [0.2, 0.25) is 5.91 Å². The Hall–Kier alpha value is -2.41. The highest BCUT2D eigenvalue weighted by Crippen LogP contribution is 2.32. The van der Waals surface area contributed by atoms with Gasteiger partial charge in [-0.3, -0.25) is 14.4 Å². The minimum Gasteiger partial charge on any atom is -0.479 e. The fraction of sp³-hybridized carbons (Fsp3) is 0.471. The zero-order chi connectivity index (χ0) is 17.3. The van der Waals surface area contributed by atoms with Crippen molar-refractivity contribution in [1.29, 1.82) is 0 Å². The molecule has 3 N–H and O–H groups in total. The first-order valence-electron chi connectivity index (χ1n) is 8.13. The molecule has 2 amide bonds. The van der Waals surface area contributed by atoms with Crippen molar-refractivity contribution in [1.82, 2.24) is 4.90 Å². The Balaban J connectivity index is 1.69. The number of ether oxygens (including phenoxy) is 1. The summed E-state index contributed by atoms with van der Waals surface area (Å²) in [5, 5.41) is 2.75. The Morgan fingerprint density at radius 3 is 2.71 bits per heavy atom. The predicted molar refractivity (Wildman–Crippen MR) is 87.9 cm³/mol. The van der Waals surface area contributed by atoms with Crippen LogP contribution in [0.1, 0.15) is 30.1 Å². The van der Waals surface area contributed by atoms with Crippen molar-refractivity contribution < 1.29 is 19.1 Å². The van der Waals surface area contributed by atoms with E-state index in [0.717, 1.165) is 0 Å². The highest BCUT2D eigenvalue weighted by molar-refractivity contribution is 6.02. The number of fused-ring (bicyclic) bond motifs is 1. The third-order valence-corrected chi connectivity index (χ3v) is 4.59. The molecule has 7 nitrogen and oxygen atoms in total. The van der Waals surface area contributed by atoms with Gasteiger partial charge in [-0.05, 0) is 38.0 Å². The lowest BCUT2D eigenvalue weighted by molar-refractivity contribution is -0.130. The van der Waals surface area contributed by atoms with Gasteiger partial charge in [0, 0.05) is 24.6 Å². The van der Waals surface area contributed by atoms with Crippen LogP contribution in [0.3, 0.4) is 0 Å². The minimum atomic E-state index is -0.538. The van der Waals surface area contributed by atoms with E-state index >= 15 is 0 Å². The van der Waals surface area contributed by atoms with Crippen LogP contribution in [0.25, 0.3) is 0 Å². The largest absolute Gasteiger partial charge is 0.479 e. The molecule has 0 radical (unpaired) electrons. The topological polar surface area (TPSA) is 102 Å². The van der Waals surface area contributed by atoms with Crippen molar-refractivity contribution in [3.63, 3.8) is 0 Å². The van der Waals surface area contributed by atoms with Crippen LogP contribution in [0.5, 0.6) is 5.75 Å². The smallest absolute Gasteiger partial charge is 0.265 e. The monoisotopic (exact) mass is 331 g/mol. The normalized spacial score (nSPS) is 20.8. The number of anilines is 1. The molecule has 1 fully saturated rings. The lowest BCUT2D eigenvalue weighted by atomic mass is 9.88. The van der Waals surface area contributed by atoms with E-state index in [0.29, 0.717) is 42.9 Å². The lowest BCUT2D eigenvalue weighted by Crippen LogP contribution is -2.43. The van der Waals surface area contributed by atoms with Crippen LogP contribution < -0.4 is 15.8 Å². The Morgan fingerprint density at radius 2 is 2.04 bits per heavy atom.